The molecule has 5 nitrogen and oxygen atoms in total. The zero-order valence-electron chi connectivity index (χ0n) is 16.6. The molecule has 3 atom stereocenters. The number of fused-ring (bicyclic) bond motifs is 1. The first-order valence-electron chi connectivity index (χ1n) is 9.36. The number of nitrogens with one attached hydrogen (secondary N) is 1. The van der Waals surface area contributed by atoms with Crippen LogP contribution >= 0.6 is 23.5 Å². The summed E-state index contributed by atoms with van der Waals surface area (Å²) in [6.07, 6.45) is 0. The van der Waals surface area contributed by atoms with E-state index in [0.717, 1.165) is 28.3 Å². The highest BCUT2D eigenvalue weighted by Crippen LogP contribution is 2.71. The maximum Gasteiger partial charge on any atom is 0.178 e. The molecule has 0 fully saturated rings. The lowest BCUT2D eigenvalue weighted by atomic mass is 9.55. The standard InChI is InChI=1S/C21H25N5S2/c1-5-27-21(28-6-2)20(13-23)14(3)15(4)25-17(16-10-8-7-9-11-16)19(20,12-22)18(24)26-21/h7-11,17,25H,5-6H2,1-4H3,(H2,24,26)/t17-,19-,20+/m1/s1. The van der Waals surface area contributed by atoms with Gasteiger partial charge in [0.2, 0.25) is 0 Å². The van der Waals surface area contributed by atoms with E-state index in [4.69, 9.17) is 10.7 Å². The number of benzene rings is 1. The lowest BCUT2D eigenvalue weighted by Crippen LogP contribution is -2.61. The van der Waals surface area contributed by atoms with E-state index in [2.05, 4.69) is 17.5 Å². The Hall–Kier alpha value is -2.09. The third-order valence-electron chi connectivity index (χ3n) is 5.81. The largest absolute Gasteiger partial charge is 0.386 e. The van der Waals surface area contributed by atoms with E-state index in [-0.39, 0.29) is 5.84 Å². The molecule has 2 aliphatic heterocycles. The van der Waals surface area contributed by atoms with Crippen molar-refractivity contribution in [3.63, 3.8) is 0 Å². The van der Waals surface area contributed by atoms with E-state index in [0.29, 0.717) is 0 Å². The molecule has 2 heterocycles. The summed E-state index contributed by atoms with van der Waals surface area (Å²) in [6, 6.07) is 14.4. The van der Waals surface area contributed by atoms with Gasteiger partial charge in [-0.3, -0.25) is 0 Å². The van der Waals surface area contributed by atoms with Crippen LogP contribution in [0.5, 0.6) is 0 Å². The smallest absolute Gasteiger partial charge is 0.178 e. The van der Waals surface area contributed by atoms with Gasteiger partial charge in [-0.1, -0.05) is 44.2 Å². The van der Waals surface area contributed by atoms with E-state index < -0.39 is 21.1 Å². The van der Waals surface area contributed by atoms with Crippen molar-refractivity contribution >= 4 is 29.4 Å². The second kappa shape index (κ2) is 7.39. The van der Waals surface area contributed by atoms with E-state index >= 15 is 0 Å². The fourth-order valence-electron chi connectivity index (χ4n) is 4.52. The van der Waals surface area contributed by atoms with Gasteiger partial charge in [-0.2, -0.15) is 10.5 Å². The van der Waals surface area contributed by atoms with Gasteiger partial charge in [-0.05, 0) is 36.5 Å². The quantitative estimate of drug-likeness (QED) is 0.706. The predicted molar refractivity (Wildman–Crippen MR) is 117 cm³/mol. The van der Waals surface area contributed by atoms with E-state index in [1.165, 1.54) is 0 Å². The highest BCUT2D eigenvalue weighted by atomic mass is 32.2. The zero-order chi connectivity index (χ0) is 20.6. The van der Waals surface area contributed by atoms with Crippen LogP contribution in [0.4, 0.5) is 0 Å². The number of nitrogens with zero attached hydrogens (tertiary/aromatic N) is 3. The first-order chi connectivity index (χ1) is 13.4. The van der Waals surface area contributed by atoms with Gasteiger partial charge in [0.15, 0.2) is 15.0 Å². The van der Waals surface area contributed by atoms with Gasteiger partial charge in [0.05, 0.1) is 18.2 Å². The van der Waals surface area contributed by atoms with Crippen LogP contribution in [-0.4, -0.2) is 21.5 Å². The molecular formula is C21H25N5S2. The van der Waals surface area contributed by atoms with Gasteiger partial charge >= 0.3 is 0 Å². The van der Waals surface area contributed by atoms with Crippen LogP contribution < -0.4 is 11.1 Å². The Morgan fingerprint density at radius 2 is 1.71 bits per heavy atom. The lowest BCUT2D eigenvalue weighted by molar-refractivity contribution is 0.200. The monoisotopic (exact) mass is 411 g/mol. The minimum atomic E-state index is -1.29. The van der Waals surface area contributed by atoms with Crippen LogP contribution in [0, 0.1) is 33.5 Å². The minimum absolute atomic E-state index is 0.242. The molecule has 1 aromatic rings. The second-order valence-corrected chi connectivity index (χ2v) is 10.1. The van der Waals surface area contributed by atoms with Gasteiger partial charge < -0.3 is 11.1 Å². The summed E-state index contributed by atoms with van der Waals surface area (Å²) in [5.74, 6) is 1.78. The van der Waals surface area contributed by atoms with E-state index in [1.54, 1.807) is 23.5 Å². The zero-order valence-corrected chi connectivity index (χ0v) is 18.2. The highest BCUT2D eigenvalue weighted by molar-refractivity contribution is 8.18. The van der Waals surface area contributed by atoms with Crippen LogP contribution in [0.15, 0.2) is 46.6 Å². The van der Waals surface area contributed by atoms with Crippen molar-refractivity contribution in [2.24, 2.45) is 21.6 Å². The molecule has 1 aromatic carbocycles. The molecule has 7 heteroatoms. The van der Waals surface area contributed by atoms with Crippen LogP contribution in [0.25, 0.3) is 0 Å². The Morgan fingerprint density at radius 1 is 1.11 bits per heavy atom. The molecule has 0 amide bonds. The number of hydrogen-bond donors (Lipinski definition) is 2. The fourth-order valence-corrected chi connectivity index (χ4v) is 7.83. The average Bonchev–Trinajstić information content (AvgIpc) is 2.91. The Labute approximate surface area is 175 Å². The van der Waals surface area contributed by atoms with Crippen molar-refractivity contribution in [3.05, 3.63) is 47.2 Å². The summed E-state index contributed by atoms with van der Waals surface area (Å²) < 4.78 is -0.856. The molecule has 0 bridgehead atoms. The topological polar surface area (TPSA) is 98.0 Å². The Morgan fingerprint density at radius 3 is 2.21 bits per heavy atom. The molecule has 0 spiro atoms. The van der Waals surface area contributed by atoms with Crippen LogP contribution in [-0.2, 0) is 0 Å². The molecule has 0 saturated carbocycles. The molecular weight excluding hydrogens is 386 g/mol. The van der Waals surface area contributed by atoms with Crippen LogP contribution in [0.2, 0.25) is 0 Å². The Kier molecular flexibility index (Phi) is 5.44. The van der Waals surface area contributed by atoms with Crippen molar-refractivity contribution in [1.82, 2.24) is 5.32 Å². The summed E-state index contributed by atoms with van der Waals surface area (Å²) in [4.78, 5) is 4.89. The molecule has 0 aromatic heterocycles. The number of aliphatic imine (C=N–C) groups is 1. The number of allylic oxidation sites excluding steroid dienone is 1. The number of nitrogens with two attached hydrogens (primary N) is 1. The predicted octanol–water partition coefficient (Wildman–Crippen LogP) is 4.18. The molecule has 28 heavy (non-hydrogen) atoms. The van der Waals surface area contributed by atoms with Gasteiger partial charge in [0.25, 0.3) is 0 Å². The van der Waals surface area contributed by atoms with Crippen molar-refractivity contribution in [2.45, 2.75) is 37.9 Å². The number of rotatable bonds is 5. The first-order valence-corrected chi connectivity index (χ1v) is 11.3. The Balaban J connectivity index is 2.42. The molecule has 0 aliphatic carbocycles. The molecule has 3 N–H and O–H groups in total. The number of thioether (sulfide) groups is 2. The summed E-state index contributed by atoms with van der Waals surface area (Å²) in [5.41, 5.74) is 6.76. The average molecular weight is 412 g/mol. The van der Waals surface area contributed by atoms with Crippen molar-refractivity contribution in [2.75, 3.05) is 11.5 Å². The van der Waals surface area contributed by atoms with Gasteiger partial charge in [0.1, 0.15) is 5.84 Å². The summed E-state index contributed by atoms with van der Waals surface area (Å²) >= 11 is 3.20. The number of amidine groups is 1. The highest BCUT2D eigenvalue weighted by Gasteiger charge is 2.76. The first kappa shape index (κ1) is 20.6. The third-order valence-corrected chi connectivity index (χ3v) is 8.67. The number of hydrogen-bond acceptors (Lipinski definition) is 7. The summed E-state index contributed by atoms with van der Waals surface area (Å²) in [7, 11) is 0. The molecule has 0 radical (unpaired) electrons. The normalized spacial score (nSPS) is 30.6. The summed E-state index contributed by atoms with van der Waals surface area (Å²) in [6.45, 7) is 8.01. The van der Waals surface area contributed by atoms with Crippen LogP contribution in [0.3, 0.4) is 0 Å². The van der Waals surface area contributed by atoms with Gasteiger partial charge in [-0.25, -0.2) is 4.99 Å². The van der Waals surface area contributed by atoms with Crippen molar-refractivity contribution in [3.8, 4) is 12.1 Å². The molecule has 0 saturated heterocycles. The molecule has 3 rings (SSSR count). The maximum atomic E-state index is 10.7. The van der Waals surface area contributed by atoms with E-state index in [9.17, 15) is 10.5 Å². The Bertz CT molecular complexity index is 905. The minimum Gasteiger partial charge on any atom is -0.386 e. The molecule has 2 aliphatic rings. The second-order valence-electron chi connectivity index (χ2n) is 6.96. The molecule has 0 unspecified atom stereocenters. The SMILES string of the molecule is CCSC1(SCC)N=C(N)[C@@]2(C#N)[C@@H](c3ccccc3)NC(C)=C(C)[C@]12C#N. The third kappa shape index (κ3) is 2.36. The fraction of sp³-hybridized carbons (Fsp3) is 0.476. The lowest BCUT2D eigenvalue weighted by Gasteiger charge is -2.52. The van der Waals surface area contributed by atoms with Crippen molar-refractivity contribution in [1.29, 1.82) is 10.5 Å². The summed E-state index contributed by atoms with van der Waals surface area (Å²) in [5, 5.41) is 24.8. The molecule has 146 valence electrons. The maximum absolute atomic E-state index is 10.7. The van der Waals surface area contributed by atoms with Crippen molar-refractivity contribution < 1.29 is 0 Å². The van der Waals surface area contributed by atoms with Gasteiger partial charge in [0, 0.05) is 5.70 Å². The van der Waals surface area contributed by atoms with Gasteiger partial charge in [-0.15, -0.1) is 23.5 Å². The van der Waals surface area contributed by atoms with Crippen LogP contribution in [0.1, 0.15) is 39.3 Å². The van der Waals surface area contributed by atoms with E-state index in [1.807, 2.05) is 58.0 Å². The number of nitriles is 2.